The van der Waals surface area contributed by atoms with Gasteiger partial charge in [-0.2, -0.15) is 0 Å². The van der Waals surface area contributed by atoms with Crippen LogP contribution in [0.5, 0.6) is 5.75 Å². The summed E-state index contributed by atoms with van der Waals surface area (Å²) in [6, 6.07) is 16.5. The minimum absolute atomic E-state index is 0. The zero-order valence-corrected chi connectivity index (χ0v) is 15.1. The summed E-state index contributed by atoms with van der Waals surface area (Å²) in [5, 5.41) is 0.626. The Bertz CT molecular complexity index is 638. The van der Waals surface area contributed by atoms with Crippen molar-refractivity contribution in [2.24, 2.45) is 5.73 Å². The number of ether oxygens (including phenoxy) is 1. The van der Waals surface area contributed by atoms with E-state index in [-0.39, 0.29) is 30.8 Å². The summed E-state index contributed by atoms with van der Waals surface area (Å²) in [4.78, 5) is 13.8. The van der Waals surface area contributed by atoms with Crippen LogP contribution in [-0.2, 0) is 4.79 Å². The van der Waals surface area contributed by atoms with Crippen LogP contribution in [0.2, 0.25) is 5.02 Å². The first kappa shape index (κ1) is 20.3. The lowest BCUT2D eigenvalue weighted by Crippen LogP contribution is -2.33. The van der Waals surface area contributed by atoms with Gasteiger partial charge >= 0.3 is 0 Å². The van der Waals surface area contributed by atoms with Crippen LogP contribution in [-0.4, -0.2) is 31.0 Å². The molecule has 6 heteroatoms. The molecular weight excluding hydrogens is 347 g/mol. The lowest BCUT2D eigenvalue weighted by atomic mass is 10.0. The zero-order valence-electron chi connectivity index (χ0n) is 13.5. The van der Waals surface area contributed by atoms with E-state index in [1.165, 1.54) is 0 Å². The highest BCUT2D eigenvalue weighted by Crippen LogP contribution is 2.17. The topological polar surface area (TPSA) is 55.6 Å². The Hall–Kier alpha value is -1.75. The molecule has 0 bridgehead atoms. The Balaban J connectivity index is 0.00000288. The number of hydrogen-bond donors (Lipinski definition) is 1. The molecule has 2 rings (SSSR count). The van der Waals surface area contributed by atoms with Gasteiger partial charge in [0.25, 0.3) is 0 Å². The molecule has 0 aliphatic rings. The zero-order chi connectivity index (χ0) is 16.7. The van der Waals surface area contributed by atoms with E-state index in [9.17, 15) is 4.79 Å². The lowest BCUT2D eigenvalue weighted by molar-refractivity contribution is -0.130. The van der Waals surface area contributed by atoms with Gasteiger partial charge in [-0.15, -0.1) is 12.4 Å². The highest BCUT2D eigenvalue weighted by Gasteiger charge is 2.15. The molecule has 0 heterocycles. The van der Waals surface area contributed by atoms with Gasteiger partial charge in [-0.1, -0.05) is 48.0 Å². The summed E-state index contributed by atoms with van der Waals surface area (Å²) >= 11 is 5.89. The first-order valence-electron chi connectivity index (χ1n) is 7.49. The summed E-state index contributed by atoms with van der Waals surface area (Å²) < 4.78 is 5.59. The van der Waals surface area contributed by atoms with E-state index >= 15 is 0 Å². The molecule has 1 amide bonds. The number of rotatable bonds is 7. The molecule has 0 saturated heterocycles. The molecule has 130 valence electrons. The van der Waals surface area contributed by atoms with Crippen LogP contribution in [0.25, 0.3) is 0 Å². The molecular formula is C18H22Cl2N2O2. The summed E-state index contributed by atoms with van der Waals surface area (Å²) in [7, 11) is 1.75. The van der Waals surface area contributed by atoms with Gasteiger partial charge in [-0.05, 0) is 23.8 Å². The third-order valence-corrected chi connectivity index (χ3v) is 3.77. The minimum atomic E-state index is -0.292. The fraction of sp³-hybridized carbons (Fsp3) is 0.278. The van der Waals surface area contributed by atoms with Gasteiger partial charge in [0, 0.05) is 24.5 Å². The van der Waals surface area contributed by atoms with Crippen molar-refractivity contribution in [1.82, 2.24) is 4.90 Å². The third kappa shape index (κ3) is 6.40. The predicted octanol–water partition coefficient (Wildman–Crippen LogP) is 3.69. The largest absolute Gasteiger partial charge is 0.492 e. The molecule has 4 nitrogen and oxygen atoms in total. The predicted molar refractivity (Wildman–Crippen MR) is 99.8 cm³/mol. The molecule has 0 aliphatic carbocycles. The maximum atomic E-state index is 12.2. The van der Waals surface area contributed by atoms with Crippen LogP contribution in [0.15, 0.2) is 54.6 Å². The molecule has 2 N–H and O–H groups in total. The van der Waals surface area contributed by atoms with Gasteiger partial charge in [0.1, 0.15) is 12.4 Å². The Kier molecular flexibility index (Phi) is 8.61. The number of likely N-dealkylation sites (N-methyl/N-ethyl adjacent to an activating group) is 1. The summed E-state index contributed by atoms with van der Waals surface area (Å²) in [6.07, 6.45) is 0.275. The van der Waals surface area contributed by atoms with Crippen LogP contribution in [0.4, 0.5) is 0 Å². The average Bonchev–Trinajstić information content (AvgIpc) is 2.55. The first-order valence-corrected chi connectivity index (χ1v) is 7.87. The van der Waals surface area contributed by atoms with E-state index in [1.807, 2.05) is 42.5 Å². The van der Waals surface area contributed by atoms with Crippen molar-refractivity contribution < 1.29 is 9.53 Å². The van der Waals surface area contributed by atoms with Gasteiger partial charge < -0.3 is 15.4 Å². The lowest BCUT2D eigenvalue weighted by Gasteiger charge is -2.20. The van der Waals surface area contributed by atoms with E-state index in [1.54, 1.807) is 24.1 Å². The molecule has 24 heavy (non-hydrogen) atoms. The van der Waals surface area contributed by atoms with Crippen molar-refractivity contribution in [1.29, 1.82) is 0 Å². The fourth-order valence-electron chi connectivity index (χ4n) is 2.14. The SMILES string of the molecule is CN(CCOc1cccc(Cl)c1)C(=O)CC(N)c1ccccc1.Cl. The highest BCUT2D eigenvalue weighted by molar-refractivity contribution is 6.30. The van der Waals surface area contributed by atoms with Gasteiger partial charge in [0.2, 0.25) is 5.91 Å². The van der Waals surface area contributed by atoms with Gasteiger partial charge in [-0.25, -0.2) is 0 Å². The molecule has 0 fully saturated rings. The second-order valence-electron chi connectivity index (χ2n) is 5.34. The summed E-state index contributed by atoms with van der Waals surface area (Å²) in [6.45, 7) is 0.899. The Morgan fingerprint density at radius 3 is 2.58 bits per heavy atom. The van der Waals surface area contributed by atoms with Crippen LogP contribution in [0.3, 0.4) is 0 Å². The minimum Gasteiger partial charge on any atom is -0.492 e. The summed E-state index contributed by atoms with van der Waals surface area (Å²) in [5.74, 6) is 0.690. The second kappa shape index (κ2) is 10.2. The highest BCUT2D eigenvalue weighted by atomic mass is 35.5. The van der Waals surface area contributed by atoms with Crippen molar-refractivity contribution in [2.45, 2.75) is 12.5 Å². The average molecular weight is 369 g/mol. The number of halogens is 2. The number of carbonyl (C=O) groups excluding carboxylic acids is 1. The van der Waals surface area contributed by atoms with E-state index in [4.69, 9.17) is 22.1 Å². The maximum Gasteiger partial charge on any atom is 0.224 e. The van der Waals surface area contributed by atoms with E-state index in [0.29, 0.717) is 23.9 Å². The third-order valence-electron chi connectivity index (χ3n) is 3.54. The van der Waals surface area contributed by atoms with Crippen LogP contribution in [0.1, 0.15) is 18.0 Å². The molecule has 1 unspecified atom stereocenters. The quantitative estimate of drug-likeness (QED) is 0.810. The molecule has 0 saturated carbocycles. The fourth-order valence-corrected chi connectivity index (χ4v) is 2.32. The van der Waals surface area contributed by atoms with Crippen molar-refractivity contribution >= 4 is 29.9 Å². The van der Waals surface area contributed by atoms with E-state index in [2.05, 4.69) is 0 Å². The number of benzene rings is 2. The number of nitrogens with zero attached hydrogens (tertiary/aromatic N) is 1. The van der Waals surface area contributed by atoms with Crippen molar-refractivity contribution in [3.8, 4) is 5.75 Å². The van der Waals surface area contributed by atoms with Crippen LogP contribution in [0, 0.1) is 0 Å². The van der Waals surface area contributed by atoms with Crippen LogP contribution < -0.4 is 10.5 Å². The molecule has 0 aliphatic heterocycles. The van der Waals surface area contributed by atoms with E-state index < -0.39 is 0 Å². The van der Waals surface area contributed by atoms with Crippen molar-refractivity contribution in [2.75, 3.05) is 20.2 Å². The Morgan fingerprint density at radius 2 is 1.92 bits per heavy atom. The number of hydrogen-bond acceptors (Lipinski definition) is 3. The smallest absolute Gasteiger partial charge is 0.224 e. The summed E-state index contributed by atoms with van der Waals surface area (Å²) in [5.41, 5.74) is 7.04. The van der Waals surface area contributed by atoms with Crippen molar-refractivity contribution in [3.05, 3.63) is 65.2 Å². The monoisotopic (exact) mass is 368 g/mol. The standard InChI is InChI=1S/C18H21ClN2O2.ClH/c1-21(10-11-23-16-9-5-8-15(19)12-16)18(22)13-17(20)14-6-3-2-4-7-14;/h2-9,12,17H,10-11,13,20H2,1H3;1H. The number of carbonyl (C=O) groups is 1. The van der Waals surface area contributed by atoms with Crippen molar-refractivity contribution in [3.63, 3.8) is 0 Å². The van der Waals surface area contributed by atoms with E-state index in [0.717, 1.165) is 5.56 Å². The normalized spacial score (nSPS) is 11.3. The number of nitrogens with two attached hydrogens (primary N) is 1. The van der Waals surface area contributed by atoms with Gasteiger partial charge in [0.05, 0.1) is 6.54 Å². The first-order chi connectivity index (χ1) is 11.1. The van der Waals surface area contributed by atoms with Gasteiger partial charge in [-0.3, -0.25) is 4.79 Å². The Labute approximate surface area is 154 Å². The molecule has 0 spiro atoms. The molecule has 0 aromatic heterocycles. The van der Waals surface area contributed by atoms with Crippen LogP contribution >= 0.6 is 24.0 Å². The molecule has 1 atom stereocenters. The Morgan fingerprint density at radius 1 is 1.21 bits per heavy atom. The molecule has 2 aromatic carbocycles. The number of amides is 1. The molecule has 0 radical (unpaired) electrons. The maximum absolute atomic E-state index is 12.2. The molecule has 2 aromatic rings. The van der Waals surface area contributed by atoms with Gasteiger partial charge in [0.15, 0.2) is 0 Å². The second-order valence-corrected chi connectivity index (χ2v) is 5.78.